The van der Waals surface area contributed by atoms with Crippen LogP contribution in [-0.2, 0) is 6.42 Å². The predicted molar refractivity (Wildman–Crippen MR) is 88.0 cm³/mol. The molecule has 0 spiro atoms. The number of amides is 1. The first-order chi connectivity index (χ1) is 10.7. The number of aromatic nitrogens is 2. The van der Waals surface area contributed by atoms with Gasteiger partial charge in [0.15, 0.2) is 0 Å². The lowest BCUT2D eigenvalue weighted by Crippen LogP contribution is -2.37. The van der Waals surface area contributed by atoms with E-state index in [1.165, 1.54) is 38.5 Å². The lowest BCUT2D eigenvalue weighted by Gasteiger charge is -2.16. The van der Waals surface area contributed by atoms with Gasteiger partial charge in [0, 0.05) is 19.1 Å². The summed E-state index contributed by atoms with van der Waals surface area (Å²) in [4.78, 5) is 12.3. The van der Waals surface area contributed by atoms with Crippen molar-refractivity contribution >= 4 is 5.91 Å². The Kier molecular flexibility index (Phi) is 6.77. The second-order valence-corrected chi connectivity index (χ2v) is 6.10. The zero-order valence-electron chi connectivity index (χ0n) is 13.8. The number of carbonyl (C=O) groups is 1. The number of carbonyl (C=O) groups excluding carboxylic acids is 1. The van der Waals surface area contributed by atoms with Gasteiger partial charge in [0.25, 0.3) is 5.91 Å². The van der Waals surface area contributed by atoms with Crippen molar-refractivity contribution in [3.63, 3.8) is 0 Å². The molecule has 1 aromatic rings. The third-order valence-electron chi connectivity index (χ3n) is 4.27. The Hall–Kier alpha value is -1.49. The number of hydrogen-bond acceptors (Lipinski definition) is 4. The molecule has 1 aromatic heterocycles. The molecule has 5 nitrogen and oxygen atoms in total. The third kappa shape index (κ3) is 5.05. The summed E-state index contributed by atoms with van der Waals surface area (Å²) in [6.45, 7) is 5.33. The molecule has 1 aliphatic carbocycles. The molecule has 0 aromatic carbocycles. The van der Waals surface area contributed by atoms with Gasteiger partial charge in [0.2, 0.25) is 0 Å². The summed E-state index contributed by atoms with van der Waals surface area (Å²) >= 11 is 0. The molecule has 0 bridgehead atoms. The van der Waals surface area contributed by atoms with Crippen molar-refractivity contribution in [2.24, 2.45) is 0 Å². The van der Waals surface area contributed by atoms with E-state index in [4.69, 9.17) is 0 Å². The predicted octanol–water partition coefficient (Wildman–Crippen LogP) is 2.39. The van der Waals surface area contributed by atoms with E-state index in [1.807, 2.05) is 19.9 Å². The van der Waals surface area contributed by atoms with Gasteiger partial charge in [-0.1, -0.05) is 32.6 Å². The highest BCUT2D eigenvalue weighted by Crippen LogP contribution is 2.16. The van der Waals surface area contributed by atoms with Gasteiger partial charge in [-0.2, -0.15) is 10.2 Å². The van der Waals surface area contributed by atoms with Crippen LogP contribution in [0, 0.1) is 6.92 Å². The van der Waals surface area contributed by atoms with Gasteiger partial charge in [0.05, 0.1) is 17.0 Å². The zero-order chi connectivity index (χ0) is 15.8. The molecular weight excluding hydrogens is 276 g/mol. The van der Waals surface area contributed by atoms with E-state index in [0.717, 1.165) is 24.4 Å². The van der Waals surface area contributed by atoms with Crippen molar-refractivity contribution in [1.82, 2.24) is 20.8 Å². The topological polar surface area (TPSA) is 66.9 Å². The van der Waals surface area contributed by atoms with Crippen molar-refractivity contribution in [2.45, 2.75) is 64.8 Å². The third-order valence-corrected chi connectivity index (χ3v) is 4.27. The van der Waals surface area contributed by atoms with Gasteiger partial charge in [-0.15, -0.1) is 0 Å². The van der Waals surface area contributed by atoms with Crippen LogP contribution in [0.4, 0.5) is 0 Å². The maximum absolute atomic E-state index is 12.3. The van der Waals surface area contributed by atoms with E-state index in [-0.39, 0.29) is 5.91 Å². The van der Waals surface area contributed by atoms with Gasteiger partial charge in [-0.05, 0) is 32.3 Å². The van der Waals surface area contributed by atoms with Crippen molar-refractivity contribution < 1.29 is 4.79 Å². The first-order valence-corrected chi connectivity index (χ1v) is 8.55. The first-order valence-electron chi connectivity index (χ1n) is 8.55. The molecule has 1 amide bonds. The minimum absolute atomic E-state index is 0.0440. The van der Waals surface area contributed by atoms with Crippen molar-refractivity contribution in [3.05, 3.63) is 23.0 Å². The van der Waals surface area contributed by atoms with Crippen molar-refractivity contribution in [1.29, 1.82) is 0 Å². The molecule has 0 radical (unpaired) electrons. The Labute approximate surface area is 133 Å². The van der Waals surface area contributed by atoms with E-state index in [9.17, 15) is 4.79 Å². The number of nitrogens with zero attached hydrogens (tertiary/aromatic N) is 2. The zero-order valence-corrected chi connectivity index (χ0v) is 13.8. The quantitative estimate of drug-likeness (QED) is 0.625. The van der Waals surface area contributed by atoms with Gasteiger partial charge in [0.1, 0.15) is 0 Å². The number of nitrogens with one attached hydrogen (secondary N) is 2. The van der Waals surface area contributed by atoms with Crippen LogP contribution in [0.3, 0.4) is 0 Å². The average molecular weight is 304 g/mol. The van der Waals surface area contributed by atoms with E-state index in [1.54, 1.807) is 0 Å². The molecular formula is C17H28N4O. The molecule has 1 aliphatic rings. The first kappa shape index (κ1) is 16.9. The molecule has 2 rings (SSSR count). The maximum atomic E-state index is 12.3. The van der Waals surface area contributed by atoms with Crippen LogP contribution in [0.2, 0.25) is 0 Å². The Morgan fingerprint density at radius 2 is 1.91 bits per heavy atom. The molecule has 0 saturated heterocycles. The highest BCUT2D eigenvalue weighted by atomic mass is 16.1. The smallest absolute Gasteiger partial charge is 0.253 e. The highest BCUT2D eigenvalue weighted by molar-refractivity contribution is 5.95. The van der Waals surface area contributed by atoms with Crippen LogP contribution in [-0.4, -0.2) is 35.2 Å². The van der Waals surface area contributed by atoms with Gasteiger partial charge in [-0.3, -0.25) is 4.79 Å². The lowest BCUT2D eigenvalue weighted by atomic mass is 10.1. The highest BCUT2D eigenvalue weighted by Gasteiger charge is 2.13. The lowest BCUT2D eigenvalue weighted by molar-refractivity contribution is 0.0951. The second kappa shape index (κ2) is 8.83. The molecule has 2 N–H and O–H groups in total. The molecule has 1 saturated carbocycles. The van der Waals surface area contributed by atoms with Crippen molar-refractivity contribution in [3.8, 4) is 0 Å². The summed E-state index contributed by atoms with van der Waals surface area (Å²) in [5.41, 5.74) is 2.20. The molecule has 122 valence electrons. The summed E-state index contributed by atoms with van der Waals surface area (Å²) < 4.78 is 0. The standard InChI is InChI=1S/C17H28N4O/c1-3-16-15(12-13(2)20-21-16)17(22)19-11-10-18-14-8-6-4-5-7-9-14/h12,14,18H,3-11H2,1-2H3,(H,19,22). The molecule has 1 heterocycles. The van der Waals surface area contributed by atoms with Crippen LogP contribution in [0.25, 0.3) is 0 Å². The summed E-state index contributed by atoms with van der Waals surface area (Å²) in [5, 5.41) is 14.7. The number of aryl methyl sites for hydroxylation is 2. The molecule has 0 unspecified atom stereocenters. The van der Waals surface area contributed by atoms with Gasteiger partial charge in [-0.25, -0.2) is 0 Å². The van der Waals surface area contributed by atoms with Gasteiger partial charge >= 0.3 is 0 Å². The summed E-state index contributed by atoms with van der Waals surface area (Å²) in [6, 6.07) is 2.44. The second-order valence-electron chi connectivity index (χ2n) is 6.10. The summed E-state index contributed by atoms with van der Waals surface area (Å²) in [6.07, 6.45) is 8.63. The average Bonchev–Trinajstić information content (AvgIpc) is 2.80. The minimum Gasteiger partial charge on any atom is -0.351 e. The van der Waals surface area contributed by atoms with Crippen LogP contribution in [0.5, 0.6) is 0 Å². The molecule has 22 heavy (non-hydrogen) atoms. The minimum atomic E-state index is -0.0440. The maximum Gasteiger partial charge on any atom is 0.253 e. The number of rotatable bonds is 6. The molecule has 0 aliphatic heterocycles. The Morgan fingerprint density at radius 3 is 2.59 bits per heavy atom. The van der Waals surface area contributed by atoms with Gasteiger partial charge < -0.3 is 10.6 Å². The van der Waals surface area contributed by atoms with Crippen molar-refractivity contribution in [2.75, 3.05) is 13.1 Å². The fourth-order valence-corrected chi connectivity index (χ4v) is 3.00. The molecule has 0 atom stereocenters. The van der Waals surface area contributed by atoms with Crippen LogP contribution in [0.15, 0.2) is 6.07 Å². The van der Waals surface area contributed by atoms with E-state index >= 15 is 0 Å². The van der Waals surface area contributed by atoms with Crippen LogP contribution < -0.4 is 10.6 Å². The fourth-order valence-electron chi connectivity index (χ4n) is 3.00. The van der Waals surface area contributed by atoms with E-state index in [2.05, 4.69) is 20.8 Å². The summed E-state index contributed by atoms with van der Waals surface area (Å²) in [5.74, 6) is -0.0440. The fraction of sp³-hybridized carbons (Fsp3) is 0.706. The largest absolute Gasteiger partial charge is 0.351 e. The molecule has 1 fully saturated rings. The Morgan fingerprint density at radius 1 is 1.18 bits per heavy atom. The Bertz CT molecular complexity index is 482. The monoisotopic (exact) mass is 304 g/mol. The normalized spacial score (nSPS) is 16.3. The van der Waals surface area contributed by atoms with E-state index in [0.29, 0.717) is 18.2 Å². The van der Waals surface area contributed by atoms with Crippen LogP contribution in [0.1, 0.15) is 67.2 Å². The molecule has 5 heteroatoms. The van der Waals surface area contributed by atoms with Crippen LogP contribution >= 0.6 is 0 Å². The number of hydrogen-bond donors (Lipinski definition) is 2. The SMILES string of the molecule is CCc1nnc(C)cc1C(=O)NCCNC1CCCCCC1. The summed E-state index contributed by atoms with van der Waals surface area (Å²) in [7, 11) is 0. The Balaban J connectivity index is 1.76. The van der Waals surface area contributed by atoms with E-state index < -0.39 is 0 Å².